The molecule has 4 aromatic rings. The number of hydrogen-bond acceptors (Lipinski definition) is 4. The van der Waals surface area contributed by atoms with E-state index in [0.717, 1.165) is 37.9 Å². The predicted molar refractivity (Wildman–Crippen MR) is 135 cm³/mol. The lowest BCUT2D eigenvalue weighted by molar-refractivity contribution is 0.0956. The van der Waals surface area contributed by atoms with Gasteiger partial charge in [-0.1, -0.05) is 57.9 Å². The Morgan fingerprint density at radius 3 is 2.41 bits per heavy atom. The zero-order chi connectivity index (χ0) is 22.7. The fourth-order valence-electron chi connectivity index (χ4n) is 3.34. The maximum Gasteiger partial charge on any atom is 0.272 e. The van der Waals surface area contributed by atoms with E-state index in [-0.39, 0.29) is 5.91 Å². The van der Waals surface area contributed by atoms with Crippen molar-refractivity contribution in [3.05, 3.63) is 94.0 Å². The third kappa shape index (κ3) is 4.86. The summed E-state index contributed by atoms with van der Waals surface area (Å²) in [6.07, 6.45) is 1.64. The van der Waals surface area contributed by atoms with E-state index in [4.69, 9.17) is 4.98 Å². The molecule has 3 aromatic carbocycles. The van der Waals surface area contributed by atoms with Crippen molar-refractivity contribution in [1.82, 2.24) is 10.4 Å². The Balaban J connectivity index is 1.64. The van der Waals surface area contributed by atoms with E-state index < -0.39 is 0 Å². The number of amides is 1. The number of halogens is 1. The van der Waals surface area contributed by atoms with Gasteiger partial charge in [-0.2, -0.15) is 5.10 Å². The van der Waals surface area contributed by atoms with Crippen LogP contribution in [-0.4, -0.2) is 31.2 Å². The number of hydrogen-bond donors (Lipinski definition) is 1. The van der Waals surface area contributed by atoms with Gasteiger partial charge >= 0.3 is 0 Å². The number of anilines is 1. The number of hydrazone groups is 1. The van der Waals surface area contributed by atoms with Crippen molar-refractivity contribution >= 4 is 44.6 Å². The van der Waals surface area contributed by atoms with Gasteiger partial charge in [-0.05, 0) is 48.9 Å². The minimum absolute atomic E-state index is 0.287. The molecule has 0 unspecified atom stereocenters. The number of nitrogens with one attached hydrogen (secondary N) is 1. The Morgan fingerprint density at radius 2 is 1.72 bits per heavy atom. The third-order valence-electron chi connectivity index (χ3n) is 5.15. The van der Waals surface area contributed by atoms with Crippen LogP contribution < -0.4 is 10.3 Å². The number of nitrogens with zero attached hydrogens (tertiary/aromatic N) is 3. The van der Waals surface area contributed by atoms with Gasteiger partial charge in [-0.25, -0.2) is 10.4 Å². The quantitative estimate of drug-likeness (QED) is 0.286. The van der Waals surface area contributed by atoms with Crippen LogP contribution >= 0.6 is 15.9 Å². The van der Waals surface area contributed by atoms with Crippen molar-refractivity contribution in [3.63, 3.8) is 0 Å². The number of aromatic nitrogens is 1. The van der Waals surface area contributed by atoms with Crippen LogP contribution in [0, 0.1) is 6.92 Å². The topological polar surface area (TPSA) is 57.6 Å². The Labute approximate surface area is 195 Å². The van der Waals surface area contributed by atoms with Crippen molar-refractivity contribution in [1.29, 1.82) is 0 Å². The molecular weight excluding hydrogens is 464 g/mol. The number of aryl methyl sites for hydroxylation is 1. The van der Waals surface area contributed by atoms with Crippen LogP contribution in [0.3, 0.4) is 0 Å². The average molecular weight is 487 g/mol. The number of benzene rings is 3. The number of pyridine rings is 1. The molecule has 0 spiro atoms. The molecule has 5 nitrogen and oxygen atoms in total. The van der Waals surface area contributed by atoms with Crippen LogP contribution in [0.4, 0.5) is 5.69 Å². The summed E-state index contributed by atoms with van der Waals surface area (Å²) < 4.78 is 0.883. The van der Waals surface area contributed by atoms with E-state index in [9.17, 15) is 4.79 Å². The molecular formula is C26H23BrN4O. The summed E-state index contributed by atoms with van der Waals surface area (Å²) in [4.78, 5) is 19.9. The summed E-state index contributed by atoms with van der Waals surface area (Å²) in [5.74, 6) is -0.287. The highest BCUT2D eigenvalue weighted by Gasteiger charge is 2.14. The van der Waals surface area contributed by atoms with Gasteiger partial charge in [0.25, 0.3) is 5.91 Å². The molecule has 0 aliphatic rings. The molecule has 0 fully saturated rings. The standard InChI is InChI=1S/C26H23BrN4O/c1-17-4-8-19(9-5-17)25-15-23(22-14-20(27)10-13-24(22)29-25)26(32)30-28-16-18-6-11-21(12-7-18)31(2)3/h4-16H,1-3H3,(H,30,32)/b28-16+. The number of carbonyl (C=O) groups is 1. The molecule has 0 aliphatic heterocycles. The average Bonchev–Trinajstić information content (AvgIpc) is 2.79. The molecule has 0 radical (unpaired) electrons. The van der Waals surface area contributed by atoms with Gasteiger partial charge in [0.15, 0.2) is 0 Å². The Morgan fingerprint density at radius 1 is 1.00 bits per heavy atom. The second-order valence-electron chi connectivity index (χ2n) is 7.77. The molecule has 4 rings (SSSR count). The fourth-order valence-corrected chi connectivity index (χ4v) is 3.70. The first-order valence-corrected chi connectivity index (χ1v) is 11.0. The summed E-state index contributed by atoms with van der Waals surface area (Å²) in [5, 5.41) is 4.93. The maximum absolute atomic E-state index is 13.1. The molecule has 1 aromatic heterocycles. The van der Waals surface area contributed by atoms with Crippen LogP contribution in [0.15, 0.2) is 82.4 Å². The zero-order valence-corrected chi connectivity index (χ0v) is 19.7. The van der Waals surface area contributed by atoms with E-state index in [1.54, 1.807) is 6.21 Å². The minimum Gasteiger partial charge on any atom is -0.378 e. The zero-order valence-electron chi connectivity index (χ0n) is 18.1. The molecule has 0 atom stereocenters. The van der Waals surface area contributed by atoms with Gasteiger partial charge in [0.05, 0.1) is 23.0 Å². The normalized spacial score (nSPS) is 11.1. The number of fused-ring (bicyclic) bond motifs is 1. The molecule has 6 heteroatoms. The van der Waals surface area contributed by atoms with Crippen molar-refractivity contribution in [2.45, 2.75) is 6.92 Å². The van der Waals surface area contributed by atoms with E-state index >= 15 is 0 Å². The first kappa shape index (κ1) is 21.7. The second-order valence-corrected chi connectivity index (χ2v) is 8.68. The van der Waals surface area contributed by atoms with Crippen LogP contribution in [0.2, 0.25) is 0 Å². The summed E-state index contributed by atoms with van der Waals surface area (Å²) in [7, 11) is 3.98. The third-order valence-corrected chi connectivity index (χ3v) is 5.65. The van der Waals surface area contributed by atoms with Gasteiger partial charge < -0.3 is 4.90 Å². The molecule has 160 valence electrons. The molecule has 1 heterocycles. The van der Waals surface area contributed by atoms with Gasteiger partial charge in [0.2, 0.25) is 0 Å². The smallest absolute Gasteiger partial charge is 0.272 e. The molecule has 32 heavy (non-hydrogen) atoms. The highest BCUT2D eigenvalue weighted by molar-refractivity contribution is 9.10. The van der Waals surface area contributed by atoms with Crippen LogP contribution in [0.5, 0.6) is 0 Å². The van der Waals surface area contributed by atoms with E-state index in [2.05, 4.69) is 26.5 Å². The summed E-state index contributed by atoms with van der Waals surface area (Å²) in [6, 6.07) is 23.6. The second kappa shape index (κ2) is 9.32. The minimum atomic E-state index is -0.287. The molecule has 0 saturated heterocycles. The number of carbonyl (C=O) groups excluding carboxylic acids is 1. The van der Waals surface area contributed by atoms with Crippen molar-refractivity contribution in [2.24, 2.45) is 5.10 Å². The van der Waals surface area contributed by atoms with Gasteiger partial charge in [0, 0.05) is 35.2 Å². The Bertz CT molecular complexity index is 1300. The van der Waals surface area contributed by atoms with Crippen LogP contribution in [0.1, 0.15) is 21.5 Å². The Kier molecular flexibility index (Phi) is 6.32. The highest BCUT2D eigenvalue weighted by Crippen LogP contribution is 2.27. The molecule has 1 amide bonds. The Hall–Kier alpha value is -3.51. The van der Waals surface area contributed by atoms with Crippen molar-refractivity contribution in [2.75, 3.05) is 19.0 Å². The summed E-state index contributed by atoms with van der Waals surface area (Å²) in [5.41, 5.74) is 8.81. The molecule has 0 bridgehead atoms. The SMILES string of the molecule is Cc1ccc(-c2cc(C(=O)N/N=C/c3ccc(N(C)C)cc3)c3cc(Br)ccc3n2)cc1. The largest absolute Gasteiger partial charge is 0.378 e. The van der Waals surface area contributed by atoms with Crippen molar-refractivity contribution in [3.8, 4) is 11.3 Å². The molecule has 1 N–H and O–H groups in total. The monoisotopic (exact) mass is 486 g/mol. The summed E-state index contributed by atoms with van der Waals surface area (Å²) >= 11 is 3.49. The van der Waals surface area contributed by atoms with E-state index in [1.165, 1.54) is 5.56 Å². The first-order chi connectivity index (χ1) is 15.4. The van der Waals surface area contributed by atoms with Crippen LogP contribution in [-0.2, 0) is 0 Å². The maximum atomic E-state index is 13.1. The van der Waals surface area contributed by atoms with Gasteiger partial charge in [0.1, 0.15) is 0 Å². The highest BCUT2D eigenvalue weighted by atomic mass is 79.9. The van der Waals surface area contributed by atoms with Gasteiger partial charge in [-0.15, -0.1) is 0 Å². The van der Waals surface area contributed by atoms with Crippen LogP contribution in [0.25, 0.3) is 22.2 Å². The molecule has 0 aliphatic carbocycles. The first-order valence-electron chi connectivity index (χ1n) is 10.2. The lowest BCUT2D eigenvalue weighted by Crippen LogP contribution is -2.18. The predicted octanol–water partition coefficient (Wildman–Crippen LogP) is 5.80. The lowest BCUT2D eigenvalue weighted by atomic mass is 10.0. The molecule has 0 saturated carbocycles. The van der Waals surface area contributed by atoms with E-state index in [1.807, 2.05) is 98.7 Å². The fraction of sp³-hybridized carbons (Fsp3) is 0.115. The lowest BCUT2D eigenvalue weighted by Gasteiger charge is -2.11. The van der Waals surface area contributed by atoms with E-state index in [0.29, 0.717) is 5.56 Å². The van der Waals surface area contributed by atoms with Gasteiger partial charge in [-0.3, -0.25) is 4.79 Å². The number of rotatable bonds is 5. The van der Waals surface area contributed by atoms with Crippen molar-refractivity contribution < 1.29 is 4.79 Å². The summed E-state index contributed by atoms with van der Waals surface area (Å²) in [6.45, 7) is 2.04.